The van der Waals surface area contributed by atoms with Crippen LogP contribution in [0.3, 0.4) is 0 Å². The molecule has 2 N–H and O–H groups in total. The van der Waals surface area contributed by atoms with Crippen LogP contribution in [0, 0.1) is 5.92 Å². The molecule has 0 radical (unpaired) electrons. The van der Waals surface area contributed by atoms with Gasteiger partial charge >= 0.3 is 5.97 Å². The van der Waals surface area contributed by atoms with Gasteiger partial charge < -0.3 is 24.8 Å². The zero-order chi connectivity index (χ0) is 20.7. The minimum absolute atomic E-state index is 0.0945. The molecule has 154 valence electrons. The molecule has 0 bridgehead atoms. The number of nitrogens with one attached hydrogen (secondary N) is 1. The molecule has 2 amide bonds. The number of amides is 2. The van der Waals surface area contributed by atoms with Crippen molar-refractivity contribution in [1.82, 2.24) is 10.2 Å². The lowest BCUT2D eigenvalue weighted by molar-refractivity contribution is -0.142. The number of aliphatic carboxylic acids is 1. The number of hydrogen-bond donors (Lipinski definition) is 2. The largest absolute Gasteiger partial charge is 0.493 e. The molecule has 1 fully saturated rings. The van der Waals surface area contributed by atoms with E-state index in [1.165, 1.54) is 0 Å². The summed E-state index contributed by atoms with van der Waals surface area (Å²) in [6.07, 6.45) is 1.74. The molecule has 1 heterocycles. The van der Waals surface area contributed by atoms with E-state index in [9.17, 15) is 19.5 Å². The number of hydrogen-bond acceptors (Lipinski definition) is 5. The zero-order valence-corrected chi connectivity index (χ0v) is 16.6. The van der Waals surface area contributed by atoms with Crippen LogP contribution in [0.1, 0.15) is 31.7 Å². The van der Waals surface area contributed by atoms with E-state index in [4.69, 9.17) is 9.47 Å². The van der Waals surface area contributed by atoms with E-state index in [2.05, 4.69) is 5.32 Å². The first-order valence-corrected chi connectivity index (χ1v) is 9.41. The van der Waals surface area contributed by atoms with Gasteiger partial charge in [-0.25, -0.2) is 4.79 Å². The summed E-state index contributed by atoms with van der Waals surface area (Å²) in [5, 5.41) is 11.7. The van der Waals surface area contributed by atoms with E-state index in [1.54, 1.807) is 19.1 Å². The number of likely N-dealkylation sites (tertiary alicyclic amines) is 1. The lowest BCUT2D eigenvalue weighted by atomic mass is 10.1. The van der Waals surface area contributed by atoms with Crippen molar-refractivity contribution in [3.05, 3.63) is 23.8 Å². The number of carbonyl (C=O) groups is 3. The fraction of sp³-hybridized carbons (Fsp3) is 0.550. The van der Waals surface area contributed by atoms with Crippen LogP contribution in [0.25, 0.3) is 0 Å². The second kappa shape index (κ2) is 9.96. The fourth-order valence-corrected chi connectivity index (χ4v) is 3.30. The Hall–Kier alpha value is -2.77. The van der Waals surface area contributed by atoms with E-state index < -0.39 is 17.9 Å². The van der Waals surface area contributed by atoms with Crippen molar-refractivity contribution in [2.75, 3.05) is 27.3 Å². The lowest BCUT2D eigenvalue weighted by Crippen LogP contribution is -2.44. The van der Waals surface area contributed by atoms with Crippen LogP contribution < -0.4 is 14.8 Å². The molecule has 28 heavy (non-hydrogen) atoms. The molecule has 2 atom stereocenters. The number of carbonyl (C=O) groups excluding carboxylic acids is 2. The molecule has 0 saturated carbocycles. The maximum Gasteiger partial charge on any atom is 0.326 e. The molecule has 2 rings (SSSR count). The summed E-state index contributed by atoms with van der Waals surface area (Å²) in [5.41, 5.74) is 0.993. The molecule has 0 aliphatic carbocycles. The summed E-state index contributed by atoms with van der Waals surface area (Å²) in [6, 6.07) is 4.68. The van der Waals surface area contributed by atoms with Crippen molar-refractivity contribution in [2.45, 2.75) is 38.6 Å². The highest BCUT2D eigenvalue weighted by molar-refractivity contribution is 5.91. The monoisotopic (exact) mass is 392 g/mol. The van der Waals surface area contributed by atoms with Gasteiger partial charge in [-0.2, -0.15) is 0 Å². The van der Waals surface area contributed by atoms with Crippen LogP contribution in [0.4, 0.5) is 0 Å². The molecule has 1 saturated heterocycles. The Labute approximate surface area is 164 Å². The minimum atomic E-state index is -1.05. The maximum atomic E-state index is 12.4. The highest BCUT2D eigenvalue weighted by Crippen LogP contribution is 2.28. The van der Waals surface area contributed by atoms with Crippen molar-refractivity contribution in [1.29, 1.82) is 0 Å². The van der Waals surface area contributed by atoms with E-state index in [-0.39, 0.29) is 18.2 Å². The number of rotatable bonds is 10. The van der Waals surface area contributed by atoms with Gasteiger partial charge in [0.2, 0.25) is 11.8 Å². The van der Waals surface area contributed by atoms with E-state index in [0.29, 0.717) is 43.9 Å². The van der Waals surface area contributed by atoms with Crippen molar-refractivity contribution in [3.63, 3.8) is 0 Å². The predicted molar refractivity (Wildman–Crippen MR) is 102 cm³/mol. The Morgan fingerprint density at radius 1 is 1.29 bits per heavy atom. The number of nitrogens with zero attached hydrogens (tertiary/aromatic N) is 1. The number of ether oxygens (including phenoxy) is 2. The predicted octanol–water partition coefficient (Wildman–Crippen LogP) is 1.46. The Bertz CT molecular complexity index is 721. The minimum Gasteiger partial charge on any atom is -0.493 e. The molecule has 8 nitrogen and oxygen atoms in total. The Morgan fingerprint density at radius 3 is 2.61 bits per heavy atom. The second-order valence-corrected chi connectivity index (χ2v) is 6.87. The highest BCUT2D eigenvalue weighted by Gasteiger charge is 2.35. The first kappa shape index (κ1) is 21.5. The Balaban J connectivity index is 1.92. The first-order chi connectivity index (χ1) is 13.4. The average molecular weight is 392 g/mol. The number of methoxy groups -OCH3 is 2. The third-order valence-electron chi connectivity index (χ3n) is 4.90. The lowest BCUT2D eigenvalue weighted by Gasteiger charge is -2.18. The molecule has 0 spiro atoms. The van der Waals surface area contributed by atoms with Crippen LogP contribution >= 0.6 is 0 Å². The molecular formula is C20H28N2O6. The molecule has 2 unspecified atom stereocenters. The normalized spacial score (nSPS) is 17.3. The van der Waals surface area contributed by atoms with Gasteiger partial charge in [0.15, 0.2) is 11.5 Å². The molecular weight excluding hydrogens is 364 g/mol. The third kappa shape index (κ3) is 5.37. The Kier molecular flexibility index (Phi) is 7.66. The van der Waals surface area contributed by atoms with Crippen LogP contribution in [0.2, 0.25) is 0 Å². The van der Waals surface area contributed by atoms with Gasteiger partial charge in [0.1, 0.15) is 6.04 Å². The van der Waals surface area contributed by atoms with Crippen LogP contribution in [-0.4, -0.2) is 61.1 Å². The van der Waals surface area contributed by atoms with Crippen LogP contribution in [-0.2, 0) is 20.8 Å². The summed E-state index contributed by atoms with van der Waals surface area (Å²) in [6.45, 7) is 2.64. The Morgan fingerprint density at radius 2 is 2.00 bits per heavy atom. The quantitative estimate of drug-likeness (QED) is 0.625. The van der Waals surface area contributed by atoms with Crippen molar-refractivity contribution >= 4 is 17.8 Å². The smallest absolute Gasteiger partial charge is 0.326 e. The summed E-state index contributed by atoms with van der Waals surface area (Å²) in [4.78, 5) is 37.5. The molecule has 0 aromatic heterocycles. The van der Waals surface area contributed by atoms with Crippen molar-refractivity contribution in [3.8, 4) is 11.5 Å². The molecule has 1 aromatic rings. The van der Waals surface area contributed by atoms with E-state index >= 15 is 0 Å². The third-order valence-corrected chi connectivity index (χ3v) is 4.90. The van der Waals surface area contributed by atoms with E-state index in [0.717, 1.165) is 5.56 Å². The van der Waals surface area contributed by atoms with Gasteiger partial charge in [0.05, 0.1) is 20.1 Å². The van der Waals surface area contributed by atoms with Gasteiger partial charge in [-0.15, -0.1) is 0 Å². The van der Waals surface area contributed by atoms with E-state index in [1.807, 2.05) is 25.1 Å². The standard InChI is InChI=1S/C20H28N2O6/c1-4-5-15(20(25)26)21-19(24)14-11-18(23)22(12-14)9-8-13-6-7-16(27-2)17(10-13)28-3/h6-7,10,14-15H,4-5,8-9,11-12H2,1-3H3,(H,21,24)(H,25,26). The number of benzene rings is 1. The number of carboxylic acids is 1. The average Bonchev–Trinajstić information content (AvgIpc) is 3.06. The summed E-state index contributed by atoms with van der Waals surface area (Å²) in [5.74, 6) is -0.770. The van der Waals surface area contributed by atoms with Gasteiger partial charge in [0.25, 0.3) is 0 Å². The van der Waals surface area contributed by atoms with Crippen LogP contribution in [0.15, 0.2) is 18.2 Å². The fourth-order valence-electron chi connectivity index (χ4n) is 3.30. The second-order valence-electron chi connectivity index (χ2n) is 6.87. The molecule has 8 heteroatoms. The molecule has 1 aliphatic heterocycles. The van der Waals surface area contributed by atoms with Crippen molar-refractivity contribution < 1.29 is 29.0 Å². The maximum absolute atomic E-state index is 12.4. The SMILES string of the molecule is CCCC(NC(=O)C1CC(=O)N(CCc2ccc(OC)c(OC)c2)C1)C(=O)O. The summed E-state index contributed by atoms with van der Waals surface area (Å²) in [7, 11) is 3.14. The highest BCUT2D eigenvalue weighted by atomic mass is 16.5. The van der Waals surface area contributed by atoms with Gasteiger partial charge in [-0.05, 0) is 30.5 Å². The van der Waals surface area contributed by atoms with Crippen molar-refractivity contribution in [2.24, 2.45) is 5.92 Å². The summed E-state index contributed by atoms with van der Waals surface area (Å²) >= 11 is 0. The molecule has 1 aliphatic rings. The summed E-state index contributed by atoms with van der Waals surface area (Å²) < 4.78 is 10.5. The van der Waals surface area contributed by atoms with Gasteiger partial charge in [-0.1, -0.05) is 19.4 Å². The first-order valence-electron chi connectivity index (χ1n) is 9.41. The van der Waals surface area contributed by atoms with Gasteiger partial charge in [-0.3, -0.25) is 9.59 Å². The zero-order valence-electron chi connectivity index (χ0n) is 16.6. The topological polar surface area (TPSA) is 105 Å². The van der Waals surface area contributed by atoms with Gasteiger partial charge in [0, 0.05) is 19.5 Å². The van der Waals surface area contributed by atoms with Crippen LogP contribution in [0.5, 0.6) is 11.5 Å². The number of carboxylic acid groups (broad SMARTS) is 1. The molecule has 1 aromatic carbocycles.